The Morgan fingerprint density at radius 3 is 2.11 bits per heavy atom. The molecule has 0 aromatic heterocycles. The fourth-order valence-corrected chi connectivity index (χ4v) is 2.29. The Hall–Kier alpha value is -1.10. The molecule has 3 unspecified atom stereocenters. The van der Waals surface area contributed by atoms with Gasteiger partial charge in [0.15, 0.2) is 0 Å². The minimum atomic E-state index is -0.444. The number of carbonyl (C=O) groups is 2. The minimum absolute atomic E-state index is 0.0119. The third-order valence-corrected chi connectivity index (χ3v) is 3.02. The molecule has 1 rings (SSSR count). The van der Waals surface area contributed by atoms with Crippen LogP contribution < -0.4 is 5.32 Å². The summed E-state index contributed by atoms with van der Waals surface area (Å²) in [7, 11) is 0. The minimum Gasteiger partial charge on any atom is -0.372 e. The van der Waals surface area contributed by atoms with Crippen molar-refractivity contribution in [1.82, 2.24) is 10.2 Å². The van der Waals surface area contributed by atoms with Gasteiger partial charge < -0.3 is 15.0 Å². The van der Waals surface area contributed by atoms with Gasteiger partial charge >= 0.3 is 0 Å². The summed E-state index contributed by atoms with van der Waals surface area (Å²) in [5.74, 6) is -0.103. The first-order chi connectivity index (χ1) is 8.31. The lowest BCUT2D eigenvalue weighted by atomic mass is 10.0. The molecule has 18 heavy (non-hydrogen) atoms. The van der Waals surface area contributed by atoms with Crippen LogP contribution in [0.5, 0.6) is 0 Å². The van der Waals surface area contributed by atoms with Crippen LogP contribution in [0.4, 0.5) is 0 Å². The molecule has 0 aromatic carbocycles. The van der Waals surface area contributed by atoms with Gasteiger partial charge in [0, 0.05) is 20.0 Å². The van der Waals surface area contributed by atoms with E-state index in [1.54, 1.807) is 4.90 Å². The molecule has 1 aliphatic heterocycles. The van der Waals surface area contributed by atoms with Gasteiger partial charge in [-0.3, -0.25) is 9.59 Å². The summed E-state index contributed by atoms with van der Waals surface area (Å²) in [4.78, 5) is 25.4. The molecule has 1 fully saturated rings. The van der Waals surface area contributed by atoms with E-state index < -0.39 is 6.04 Å². The predicted molar refractivity (Wildman–Crippen MR) is 69.0 cm³/mol. The summed E-state index contributed by atoms with van der Waals surface area (Å²) in [6, 6.07) is -0.444. The Kier molecular flexibility index (Phi) is 5.14. The normalized spacial score (nSPS) is 26.0. The van der Waals surface area contributed by atoms with Gasteiger partial charge in [-0.2, -0.15) is 0 Å². The number of hydrogen-bond donors (Lipinski definition) is 1. The molecule has 0 saturated carbocycles. The van der Waals surface area contributed by atoms with Crippen LogP contribution in [-0.2, 0) is 14.3 Å². The van der Waals surface area contributed by atoms with Gasteiger partial charge in [0.1, 0.15) is 6.04 Å². The van der Waals surface area contributed by atoms with Crippen molar-refractivity contribution in [3.63, 3.8) is 0 Å². The summed E-state index contributed by atoms with van der Waals surface area (Å²) in [6.45, 7) is 10.4. The van der Waals surface area contributed by atoms with Crippen molar-refractivity contribution in [2.45, 2.75) is 52.9 Å². The Balaban J connectivity index is 2.72. The SMILES string of the molecule is CC(=O)NC(C(=O)N1CC(C)OC(C)C1)C(C)C. The second-order valence-electron chi connectivity index (χ2n) is 5.42. The number of rotatable bonds is 3. The molecule has 1 heterocycles. The molecule has 2 amide bonds. The Morgan fingerprint density at radius 2 is 1.72 bits per heavy atom. The fraction of sp³-hybridized carbons (Fsp3) is 0.846. The molecule has 104 valence electrons. The largest absolute Gasteiger partial charge is 0.372 e. The zero-order valence-electron chi connectivity index (χ0n) is 11.9. The lowest BCUT2D eigenvalue weighted by molar-refractivity contribution is -0.147. The monoisotopic (exact) mass is 256 g/mol. The molecule has 5 heteroatoms. The highest BCUT2D eigenvalue weighted by molar-refractivity contribution is 5.87. The quantitative estimate of drug-likeness (QED) is 0.812. The van der Waals surface area contributed by atoms with Crippen LogP contribution in [0.15, 0.2) is 0 Å². The number of nitrogens with one attached hydrogen (secondary N) is 1. The van der Waals surface area contributed by atoms with Gasteiger partial charge in [-0.25, -0.2) is 0 Å². The maximum absolute atomic E-state index is 12.4. The third kappa shape index (κ3) is 3.98. The van der Waals surface area contributed by atoms with E-state index in [9.17, 15) is 9.59 Å². The van der Waals surface area contributed by atoms with Gasteiger partial charge in [-0.1, -0.05) is 13.8 Å². The molecule has 1 aliphatic rings. The molecule has 1 saturated heterocycles. The van der Waals surface area contributed by atoms with Crippen LogP contribution in [0.25, 0.3) is 0 Å². The highest BCUT2D eigenvalue weighted by Crippen LogP contribution is 2.14. The number of amides is 2. The Labute approximate surface area is 109 Å². The van der Waals surface area contributed by atoms with Crippen LogP contribution in [0, 0.1) is 5.92 Å². The summed E-state index contributed by atoms with van der Waals surface area (Å²) in [5.41, 5.74) is 0. The summed E-state index contributed by atoms with van der Waals surface area (Å²) >= 11 is 0. The van der Waals surface area contributed by atoms with Crippen molar-refractivity contribution in [3.8, 4) is 0 Å². The molecule has 0 radical (unpaired) electrons. The smallest absolute Gasteiger partial charge is 0.245 e. The molecule has 1 N–H and O–H groups in total. The maximum Gasteiger partial charge on any atom is 0.245 e. The number of hydrogen-bond acceptors (Lipinski definition) is 3. The standard InChI is InChI=1S/C13H24N2O3/c1-8(2)12(14-11(5)16)13(17)15-6-9(3)18-10(4)7-15/h8-10,12H,6-7H2,1-5H3,(H,14,16). The lowest BCUT2D eigenvalue weighted by Gasteiger charge is -2.37. The average Bonchev–Trinajstić information content (AvgIpc) is 2.23. The van der Waals surface area contributed by atoms with Crippen LogP contribution in [0.1, 0.15) is 34.6 Å². The van der Waals surface area contributed by atoms with Gasteiger partial charge in [0.25, 0.3) is 0 Å². The van der Waals surface area contributed by atoms with Crippen LogP contribution in [-0.4, -0.2) is 48.1 Å². The van der Waals surface area contributed by atoms with E-state index in [-0.39, 0.29) is 29.9 Å². The van der Waals surface area contributed by atoms with Crippen molar-refractivity contribution in [1.29, 1.82) is 0 Å². The fourth-order valence-electron chi connectivity index (χ4n) is 2.29. The van der Waals surface area contributed by atoms with E-state index in [0.29, 0.717) is 13.1 Å². The van der Waals surface area contributed by atoms with Crippen molar-refractivity contribution in [3.05, 3.63) is 0 Å². The van der Waals surface area contributed by atoms with Gasteiger partial charge in [0.2, 0.25) is 11.8 Å². The maximum atomic E-state index is 12.4. The second kappa shape index (κ2) is 6.18. The van der Waals surface area contributed by atoms with Crippen LogP contribution in [0.2, 0.25) is 0 Å². The van der Waals surface area contributed by atoms with Crippen molar-refractivity contribution in [2.75, 3.05) is 13.1 Å². The summed E-state index contributed by atoms with van der Waals surface area (Å²) in [6.07, 6.45) is 0.0886. The predicted octanol–water partition coefficient (Wildman–Crippen LogP) is 0.783. The highest BCUT2D eigenvalue weighted by Gasteiger charge is 2.32. The van der Waals surface area contributed by atoms with E-state index in [2.05, 4.69) is 5.32 Å². The molecule has 0 aliphatic carbocycles. The van der Waals surface area contributed by atoms with Gasteiger partial charge in [-0.05, 0) is 19.8 Å². The summed E-state index contributed by atoms with van der Waals surface area (Å²) in [5, 5.41) is 2.74. The first-order valence-corrected chi connectivity index (χ1v) is 6.52. The van der Waals surface area contributed by atoms with Crippen molar-refractivity contribution in [2.24, 2.45) is 5.92 Å². The van der Waals surface area contributed by atoms with Crippen molar-refractivity contribution < 1.29 is 14.3 Å². The molecular weight excluding hydrogens is 232 g/mol. The number of carbonyl (C=O) groups excluding carboxylic acids is 2. The number of morpholine rings is 1. The molecule has 5 nitrogen and oxygen atoms in total. The first kappa shape index (κ1) is 15.0. The van der Waals surface area contributed by atoms with E-state index in [1.165, 1.54) is 6.92 Å². The molecule has 0 spiro atoms. The molecule has 0 bridgehead atoms. The highest BCUT2D eigenvalue weighted by atomic mass is 16.5. The van der Waals surface area contributed by atoms with Crippen LogP contribution >= 0.6 is 0 Å². The van der Waals surface area contributed by atoms with Crippen molar-refractivity contribution >= 4 is 11.8 Å². The number of nitrogens with zero attached hydrogens (tertiary/aromatic N) is 1. The third-order valence-electron chi connectivity index (χ3n) is 3.02. The molecule has 3 atom stereocenters. The second-order valence-corrected chi connectivity index (χ2v) is 5.42. The number of ether oxygens (including phenoxy) is 1. The topological polar surface area (TPSA) is 58.6 Å². The Bertz CT molecular complexity index is 307. The van der Waals surface area contributed by atoms with Crippen LogP contribution in [0.3, 0.4) is 0 Å². The molecule has 0 aromatic rings. The summed E-state index contributed by atoms with van der Waals surface area (Å²) < 4.78 is 5.61. The van der Waals surface area contributed by atoms with Gasteiger partial charge in [-0.15, -0.1) is 0 Å². The zero-order chi connectivity index (χ0) is 13.9. The lowest BCUT2D eigenvalue weighted by Crippen LogP contribution is -2.56. The van der Waals surface area contributed by atoms with E-state index in [1.807, 2.05) is 27.7 Å². The van der Waals surface area contributed by atoms with Gasteiger partial charge in [0.05, 0.1) is 12.2 Å². The van der Waals surface area contributed by atoms with E-state index in [0.717, 1.165) is 0 Å². The first-order valence-electron chi connectivity index (χ1n) is 6.52. The molecular formula is C13H24N2O3. The van der Waals surface area contributed by atoms with E-state index >= 15 is 0 Å². The average molecular weight is 256 g/mol. The zero-order valence-corrected chi connectivity index (χ0v) is 11.9. The Morgan fingerprint density at radius 1 is 1.22 bits per heavy atom. The van der Waals surface area contributed by atoms with E-state index in [4.69, 9.17) is 4.74 Å².